The van der Waals surface area contributed by atoms with Crippen LogP contribution in [0.1, 0.15) is 18.4 Å². The first-order valence-electron chi connectivity index (χ1n) is 9.40. The minimum absolute atomic E-state index is 0.277. The molecule has 0 bridgehead atoms. The zero-order valence-corrected chi connectivity index (χ0v) is 15.2. The first kappa shape index (κ1) is 18.2. The Balaban J connectivity index is 1.68. The molecule has 1 aliphatic carbocycles. The van der Waals surface area contributed by atoms with Gasteiger partial charge in [0.05, 0.1) is 5.69 Å². The predicted molar refractivity (Wildman–Crippen MR) is 99.8 cm³/mol. The van der Waals surface area contributed by atoms with Crippen molar-refractivity contribution in [2.75, 3.05) is 49.4 Å². The Labute approximate surface area is 157 Å². The Bertz CT molecular complexity index is 756. The summed E-state index contributed by atoms with van der Waals surface area (Å²) in [6, 6.07) is 3.75. The van der Waals surface area contributed by atoms with Crippen molar-refractivity contribution >= 4 is 17.3 Å². The van der Waals surface area contributed by atoms with Gasteiger partial charge in [-0.15, -0.1) is 0 Å². The number of fused-ring (bicyclic) bond motifs is 1. The van der Waals surface area contributed by atoms with Crippen LogP contribution in [0.15, 0.2) is 23.9 Å². The van der Waals surface area contributed by atoms with Crippen molar-refractivity contribution < 1.29 is 19.4 Å². The summed E-state index contributed by atoms with van der Waals surface area (Å²) in [5.41, 5.74) is 2.77. The third kappa shape index (κ3) is 3.52. The van der Waals surface area contributed by atoms with Gasteiger partial charge in [0.25, 0.3) is 5.91 Å². The van der Waals surface area contributed by atoms with Crippen LogP contribution in [0, 0.1) is 5.82 Å². The molecule has 0 atom stereocenters. The number of nitrogens with zero attached hydrogens (tertiary/aromatic N) is 3. The average molecular weight is 376 g/mol. The molecule has 0 radical (unpaired) electrons. The molecule has 0 spiro atoms. The van der Waals surface area contributed by atoms with Gasteiger partial charge in [-0.1, -0.05) is 0 Å². The van der Waals surface area contributed by atoms with E-state index in [1.54, 1.807) is 6.20 Å². The van der Waals surface area contributed by atoms with E-state index in [1.807, 2.05) is 6.07 Å². The zero-order chi connectivity index (χ0) is 19.0. The van der Waals surface area contributed by atoms with Gasteiger partial charge in [0.15, 0.2) is 0 Å². The standard InChI is InChI=1S/C19H25FN4O3/c20-16-8-13-7-14(19(27)23(11-25)12-26)10-24(15-1-2-15)17(13)9-18(16)22-5-3-21-4-6-22/h8-10,15,21,25-26H,1-7,11-12H2. The molecule has 8 heteroatoms. The number of aliphatic hydroxyl groups excluding tert-OH is 2. The largest absolute Gasteiger partial charge is 0.376 e. The monoisotopic (exact) mass is 376 g/mol. The highest BCUT2D eigenvalue weighted by molar-refractivity contribution is 5.95. The second kappa shape index (κ2) is 7.46. The molecule has 4 rings (SSSR count). The van der Waals surface area contributed by atoms with E-state index in [2.05, 4.69) is 15.1 Å². The number of piperazine rings is 1. The Morgan fingerprint density at radius 1 is 1.19 bits per heavy atom. The Kier molecular flexibility index (Phi) is 5.03. The third-order valence-corrected chi connectivity index (χ3v) is 5.40. The fourth-order valence-electron chi connectivity index (χ4n) is 3.77. The van der Waals surface area contributed by atoms with Crippen LogP contribution in [-0.4, -0.2) is 66.7 Å². The molecule has 3 N–H and O–H groups in total. The van der Waals surface area contributed by atoms with Crippen molar-refractivity contribution in [2.45, 2.75) is 25.3 Å². The summed E-state index contributed by atoms with van der Waals surface area (Å²) < 4.78 is 14.8. The minimum atomic E-state index is -0.556. The molecule has 2 fully saturated rings. The van der Waals surface area contributed by atoms with E-state index in [4.69, 9.17) is 0 Å². The first-order chi connectivity index (χ1) is 13.1. The number of anilines is 2. The van der Waals surface area contributed by atoms with E-state index in [-0.39, 0.29) is 12.2 Å². The van der Waals surface area contributed by atoms with Crippen LogP contribution in [0.25, 0.3) is 0 Å². The summed E-state index contributed by atoms with van der Waals surface area (Å²) in [5.74, 6) is -0.704. The van der Waals surface area contributed by atoms with Gasteiger partial charge in [0.1, 0.15) is 19.3 Å². The number of hydrogen-bond acceptors (Lipinski definition) is 6. The van der Waals surface area contributed by atoms with Crippen LogP contribution in [-0.2, 0) is 11.2 Å². The van der Waals surface area contributed by atoms with Crippen LogP contribution in [0.4, 0.5) is 15.8 Å². The molecule has 1 amide bonds. The lowest BCUT2D eigenvalue weighted by atomic mass is 9.97. The molecule has 2 heterocycles. The van der Waals surface area contributed by atoms with Gasteiger partial charge in [0.2, 0.25) is 0 Å². The first-order valence-corrected chi connectivity index (χ1v) is 9.40. The Morgan fingerprint density at radius 2 is 1.89 bits per heavy atom. The fraction of sp³-hybridized carbons (Fsp3) is 0.526. The van der Waals surface area contributed by atoms with Crippen molar-refractivity contribution in [3.63, 3.8) is 0 Å². The molecular formula is C19H25FN4O3. The molecule has 2 aliphatic heterocycles. The Hall–Kier alpha value is -2.16. The van der Waals surface area contributed by atoms with Crippen molar-refractivity contribution in [3.8, 4) is 0 Å². The second-order valence-corrected chi connectivity index (χ2v) is 7.27. The number of aliphatic hydroxyl groups is 2. The quantitative estimate of drug-likeness (QED) is 0.645. The third-order valence-electron chi connectivity index (χ3n) is 5.40. The lowest BCUT2D eigenvalue weighted by Crippen LogP contribution is -2.44. The highest BCUT2D eigenvalue weighted by Gasteiger charge is 2.35. The van der Waals surface area contributed by atoms with Crippen LogP contribution in [0.3, 0.4) is 0 Å². The summed E-state index contributed by atoms with van der Waals surface area (Å²) >= 11 is 0. The predicted octanol–water partition coefficient (Wildman–Crippen LogP) is 0.372. The molecule has 1 saturated heterocycles. The number of nitrogens with one attached hydrogen (secondary N) is 1. The number of benzene rings is 1. The summed E-state index contributed by atoms with van der Waals surface area (Å²) in [6.07, 6.45) is 4.15. The van der Waals surface area contributed by atoms with E-state index < -0.39 is 19.4 Å². The summed E-state index contributed by atoms with van der Waals surface area (Å²) in [4.78, 5) is 17.6. The normalized spacial score (nSPS) is 19.6. The number of hydrogen-bond donors (Lipinski definition) is 3. The van der Waals surface area contributed by atoms with E-state index in [1.165, 1.54) is 6.07 Å². The van der Waals surface area contributed by atoms with Crippen LogP contribution >= 0.6 is 0 Å². The van der Waals surface area contributed by atoms with Crippen LogP contribution < -0.4 is 15.1 Å². The van der Waals surface area contributed by atoms with Crippen LogP contribution in [0.5, 0.6) is 0 Å². The maximum Gasteiger partial charge on any atom is 0.255 e. The van der Waals surface area contributed by atoms with E-state index >= 15 is 0 Å². The molecule has 27 heavy (non-hydrogen) atoms. The van der Waals surface area contributed by atoms with Crippen molar-refractivity contribution in [1.29, 1.82) is 0 Å². The van der Waals surface area contributed by atoms with E-state index in [0.29, 0.717) is 17.3 Å². The van der Waals surface area contributed by atoms with Gasteiger partial charge in [0, 0.05) is 56.1 Å². The van der Waals surface area contributed by atoms with Crippen molar-refractivity contribution in [3.05, 3.63) is 35.3 Å². The zero-order valence-electron chi connectivity index (χ0n) is 15.2. The molecule has 3 aliphatic rings. The lowest BCUT2D eigenvalue weighted by Gasteiger charge is -2.34. The SMILES string of the molecule is O=C(C1=CN(C2CC2)c2cc(N3CCNCC3)c(F)cc2C1)N(CO)CO. The summed E-state index contributed by atoms with van der Waals surface area (Å²) in [7, 11) is 0. The number of halogens is 1. The molecule has 0 unspecified atom stereocenters. The van der Waals surface area contributed by atoms with Gasteiger partial charge in [-0.05, 0) is 30.5 Å². The van der Waals surface area contributed by atoms with Crippen molar-refractivity contribution in [2.24, 2.45) is 0 Å². The minimum Gasteiger partial charge on any atom is -0.376 e. The second-order valence-electron chi connectivity index (χ2n) is 7.27. The fourth-order valence-corrected chi connectivity index (χ4v) is 3.77. The van der Waals surface area contributed by atoms with E-state index in [9.17, 15) is 19.4 Å². The van der Waals surface area contributed by atoms with Gasteiger partial charge in [-0.3, -0.25) is 9.69 Å². The number of carbonyl (C=O) groups excluding carboxylic acids is 1. The smallest absolute Gasteiger partial charge is 0.255 e. The molecule has 1 saturated carbocycles. The highest BCUT2D eigenvalue weighted by atomic mass is 19.1. The van der Waals surface area contributed by atoms with Gasteiger partial charge in [-0.25, -0.2) is 4.39 Å². The van der Waals surface area contributed by atoms with Gasteiger partial charge >= 0.3 is 0 Å². The molecule has 1 aromatic rings. The molecular weight excluding hydrogens is 351 g/mol. The average Bonchev–Trinajstić information content (AvgIpc) is 3.53. The number of amides is 1. The molecule has 1 aromatic carbocycles. The van der Waals surface area contributed by atoms with E-state index in [0.717, 1.165) is 55.2 Å². The number of rotatable bonds is 5. The maximum absolute atomic E-state index is 14.8. The topological polar surface area (TPSA) is 79.3 Å². The van der Waals surface area contributed by atoms with Crippen LogP contribution in [0.2, 0.25) is 0 Å². The van der Waals surface area contributed by atoms with Crippen molar-refractivity contribution in [1.82, 2.24) is 10.2 Å². The molecule has 0 aromatic heterocycles. The Morgan fingerprint density at radius 3 is 2.52 bits per heavy atom. The van der Waals surface area contributed by atoms with Gasteiger partial charge in [-0.2, -0.15) is 0 Å². The van der Waals surface area contributed by atoms with Gasteiger partial charge < -0.3 is 25.3 Å². The summed E-state index contributed by atoms with van der Waals surface area (Å²) in [5, 5.41) is 21.8. The highest BCUT2D eigenvalue weighted by Crippen LogP contribution is 2.41. The maximum atomic E-state index is 14.8. The lowest BCUT2D eigenvalue weighted by molar-refractivity contribution is -0.135. The number of carbonyl (C=O) groups is 1. The molecule has 146 valence electrons. The molecule has 7 nitrogen and oxygen atoms in total. The summed E-state index contributed by atoms with van der Waals surface area (Å²) in [6.45, 7) is 2.08.